The Hall–Kier alpha value is -2.76. The predicted octanol–water partition coefficient (Wildman–Crippen LogP) is 3.83. The molecule has 2 aromatic rings. The molecule has 0 unspecified atom stereocenters. The number of benzene rings is 1. The Labute approximate surface area is 256 Å². The topological polar surface area (TPSA) is 117 Å². The first-order chi connectivity index (χ1) is 20.6. The average molecular weight is 613 g/mol. The Bertz CT molecular complexity index is 1410. The Morgan fingerprint density at radius 2 is 1.72 bits per heavy atom. The van der Waals surface area contributed by atoms with Crippen LogP contribution in [-0.4, -0.2) is 78.1 Å². The lowest BCUT2D eigenvalue weighted by molar-refractivity contribution is -0.162. The van der Waals surface area contributed by atoms with E-state index in [0.29, 0.717) is 31.8 Å². The van der Waals surface area contributed by atoms with E-state index >= 15 is 0 Å². The molecule has 1 saturated carbocycles. The number of unbranched alkanes of at least 4 members (excludes halogenated alkanes) is 1. The number of aromatic nitrogens is 2. The van der Waals surface area contributed by atoms with Crippen LogP contribution >= 0.6 is 0 Å². The van der Waals surface area contributed by atoms with E-state index in [2.05, 4.69) is 21.9 Å². The van der Waals surface area contributed by atoms with Gasteiger partial charge >= 0.3 is 0 Å². The normalized spacial score (nSPS) is 21.9. The second kappa shape index (κ2) is 13.1. The lowest BCUT2D eigenvalue weighted by Gasteiger charge is -2.52. The van der Waals surface area contributed by atoms with Gasteiger partial charge in [-0.15, -0.1) is 0 Å². The molecule has 2 aliphatic heterocycles. The Morgan fingerprint density at radius 1 is 1.05 bits per heavy atom. The van der Waals surface area contributed by atoms with E-state index in [4.69, 9.17) is 5.10 Å². The summed E-state index contributed by atoms with van der Waals surface area (Å²) in [5.74, 6) is 0.680. The first kappa shape index (κ1) is 31.7. The number of nitrogens with zero attached hydrogens (tertiary/aromatic N) is 4. The van der Waals surface area contributed by atoms with Crippen molar-refractivity contribution in [1.29, 1.82) is 0 Å². The molecule has 3 aliphatic rings. The molecule has 0 radical (unpaired) electrons. The molecule has 2 saturated heterocycles. The van der Waals surface area contributed by atoms with Crippen molar-refractivity contribution in [3.8, 4) is 5.69 Å². The molecule has 1 spiro atoms. The standard InChI is InChI=1S/C32H48N6O4S/c1-5-6-18-37-30(39)29(21-25-10-8-7-9-11-25)34-31(40)32(37)16-19-36(20-17-32)22-28-23(2)35-38(24(28)3)26-12-14-27(15-13-26)43(41,42)33-4/h12-15,25,29,33H,5-11,16-22H2,1-4H3,(H,34,40)/t29-/m0/s1. The van der Waals surface area contributed by atoms with Crippen LogP contribution in [0.15, 0.2) is 29.2 Å². The summed E-state index contributed by atoms with van der Waals surface area (Å²) in [5.41, 5.74) is 3.08. The minimum absolute atomic E-state index is 0.0348. The van der Waals surface area contributed by atoms with Crippen molar-refractivity contribution in [1.82, 2.24) is 29.6 Å². The molecule has 2 amide bonds. The van der Waals surface area contributed by atoms with Crippen molar-refractivity contribution in [2.45, 2.75) is 108 Å². The minimum atomic E-state index is -3.51. The van der Waals surface area contributed by atoms with Gasteiger partial charge in [-0.1, -0.05) is 45.4 Å². The van der Waals surface area contributed by atoms with E-state index in [9.17, 15) is 18.0 Å². The van der Waals surface area contributed by atoms with E-state index < -0.39 is 15.6 Å². The van der Waals surface area contributed by atoms with Crippen LogP contribution in [0.2, 0.25) is 0 Å². The van der Waals surface area contributed by atoms with Gasteiger partial charge in [-0.05, 0) is 76.8 Å². The third-order valence-electron chi connectivity index (χ3n) is 10.0. The van der Waals surface area contributed by atoms with E-state index in [-0.39, 0.29) is 22.8 Å². The molecular formula is C32H48N6O4S. The fourth-order valence-corrected chi connectivity index (χ4v) is 8.00. The Morgan fingerprint density at radius 3 is 2.35 bits per heavy atom. The zero-order chi connectivity index (χ0) is 30.8. The highest BCUT2D eigenvalue weighted by Gasteiger charge is 2.53. The summed E-state index contributed by atoms with van der Waals surface area (Å²) in [7, 11) is -2.11. The quantitative estimate of drug-likeness (QED) is 0.421. The summed E-state index contributed by atoms with van der Waals surface area (Å²) in [6.07, 6.45) is 9.95. The van der Waals surface area contributed by atoms with Crippen LogP contribution in [-0.2, 0) is 26.2 Å². The fourth-order valence-electron chi connectivity index (χ4n) is 7.27. The van der Waals surface area contributed by atoms with Crippen LogP contribution in [0.4, 0.5) is 0 Å². The highest BCUT2D eigenvalue weighted by Crippen LogP contribution is 2.36. The number of amides is 2. The van der Waals surface area contributed by atoms with Crippen LogP contribution < -0.4 is 10.0 Å². The van der Waals surface area contributed by atoms with Gasteiger partial charge < -0.3 is 10.2 Å². The summed E-state index contributed by atoms with van der Waals surface area (Å²) in [6.45, 7) is 8.95. The van der Waals surface area contributed by atoms with Crippen molar-refractivity contribution >= 4 is 21.8 Å². The number of likely N-dealkylation sites (tertiary alicyclic amines) is 1. The highest BCUT2D eigenvalue weighted by molar-refractivity contribution is 7.89. The SMILES string of the molecule is CCCCN1C(=O)[C@H](CC2CCCCC2)NC(=O)C12CCN(Cc1c(C)nn(-c3ccc(S(=O)(=O)NC)cc3)c1C)CC2. The van der Waals surface area contributed by atoms with E-state index in [1.165, 1.54) is 26.3 Å². The molecular weight excluding hydrogens is 564 g/mol. The van der Waals surface area contributed by atoms with Crippen LogP contribution in [0.25, 0.3) is 5.69 Å². The molecule has 10 nitrogen and oxygen atoms in total. The fraction of sp³-hybridized carbons (Fsp3) is 0.656. The molecule has 2 N–H and O–H groups in total. The highest BCUT2D eigenvalue weighted by atomic mass is 32.2. The zero-order valence-electron chi connectivity index (χ0n) is 26.2. The molecule has 3 heterocycles. The molecule has 1 aliphatic carbocycles. The minimum Gasteiger partial charge on any atom is -0.342 e. The van der Waals surface area contributed by atoms with Crippen molar-refractivity contribution in [3.05, 3.63) is 41.2 Å². The number of aryl methyl sites for hydroxylation is 1. The average Bonchev–Trinajstić information content (AvgIpc) is 3.29. The second-order valence-electron chi connectivity index (χ2n) is 12.7. The number of hydrogen-bond acceptors (Lipinski definition) is 6. The van der Waals surface area contributed by atoms with Gasteiger partial charge in [0.1, 0.15) is 11.6 Å². The van der Waals surface area contributed by atoms with Crippen molar-refractivity contribution in [2.75, 3.05) is 26.7 Å². The number of nitrogens with one attached hydrogen (secondary N) is 2. The molecule has 43 heavy (non-hydrogen) atoms. The van der Waals surface area contributed by atoms with Crippen LogP contribution in [0, 0.1) is 19.8 Å². The molecule has 236 valence electrons. The van der Waals surface area contributed by atoms with E-state index in [1.807, 2.05) is 23.4 Å². The predicted molar refractivity (Wildman–Crippen MR) is 166 cm³/mol. The van der Waals surface area contributed by atoms with Crippen molar-refractivity contribution in [3.63, 3.8) is 0 Å². The Balaban J connectivity index is 1.28. The number of hydrogen-bond donors (Lipinski definition) is 2. The van der Waals surface area contributed by atoms with Gasteiger partial charge in [-0.25, -0.2) is 17.8 Å². The summed E-state index contributed by atoms with van der Waals surface area (Å²) in [4.78, 5) is 32.2. The first-order valence-corrected chi connectivity index (χ1v) is 17.5. The lowest BCUT2D eigenvalue weighted by atomic mass is 9.79. The van der Waals surface area contributed by atoms with Gasteiger partial charge in [-0.2, -0.15) is 5.10 Å². The smallest absolute Gasteiger partial charge is 0.246 e. The van der Waals surface area contributed by atoms with Gasteiger partial charge in [0.2, 0.25) is 21.8 Å². The number of carbonyl (C=O) groups excluding carboxylic acids is 2. The second-order valence-corrected chi connectivity index (χ2v) is 14.6. The molecule has 11 heteroatoms. The first-order valence-electron chi connectivity index (χ1n) is 16.0. The monoisotopic (exact) mass is 612 g/mol. The molecule has 1 aromatic carbocycles. The van der Waals surface area contributed by atoms with Crippen LogP contribution in [0.3, 0.4) is 0 Å². The summed E-state index contributed by atoms with van der Waals surface area (Å²) < 4.78 is 28.5. The van der Waals surface area contributed by atoms with E-state index in [0.717, 1.165) is 67.8 Å². The third kappa shape index (κ3) is 6.40. The maximum atomic E-state index is 13.9. The van der Waals surface area contributed by atoms with Gasteiger partial charge in [0.25, 0.3) is 0 Å². The number of piperazine rings is 1. The number of carbonyl (C=O) groups is 2. The summed E-state index contributed by atoms with van der Waals surface area (Å²) in [5, 5.41) is 7.97. The van der Waals surface area contributed by atoms with Crippen molar-refractivity contribution < 1.29 is 18.0 Å². The summed E-state index contributed by atoms with van der Waals surface area (Å²) in [6, 6.07) is 6.32. The van der Waals surface area contributed by atoms with Crippen LogP contribution in [0.5, 0.6) is 0 Å². The van der Waals surface area contributed by atoms with Crippen LogP contribution in [0.1, 0.15) is 88.1 Å². The molecule has 3 fully saturated rings. The molecule has 5 rings (SSSR count). The molecule has 1 aromatic heterocycles. The Kier molecular flexibility index (Phi) is 9.63. The third-order valence-corrected chi connectivity index (χ3v) is 11.4. The maximum Gasteiger partial charge on any atom is 0.246 e. The van der Waals surface area contributed by atoms with E-state index in [1.54, 1.807) is 24.3 Å². The summed E-state index contributed by atoms with van der Waals surface area (Å²) >= 11 is 0. The zero-order valence-corrected chi connectivity index (χ0v) is 27.0. The van der Waals surface area contributed by atoms with Gasteiger partial charge in [-0.3, -0.25) is 14.5 Å². The maximum absolute atomic E-state index is 13.9. The lowest BCUT2D eigenvalue weighted by Crippen LogP contribution is -2.73. The van der Waals surface area contributed by atoms with Gasteiger partial charge in [0, 0.05) is 37.4 Å². The molecule has 0 bridgehead atoms. The number of sulfonamides is 1. The number of rotatable bonds is 10. The number of piperidine rings is 1. The largest absolute Gasteiger partial charge is 0.342 e. The molecule has 1 atom stereocenters. The van der Waals surface area contributed by atoms with Gasteiger partial charge in [0.05, 0.1) is 16.3 Å². The van der Waals surface area contributed by atoms with Gasteiger partial charge in [0.15, 0.2) is 0 Å². The van der Waals surface area contributed by atoms with Crippen molar-refractivity contribution in [2.24, 2.45) is 5.92 Å².